The van der Waals surface area contributed by atoms with Crippen molar-refractivity contribution in [3.05, 3.63) is 76.9 Å². The van der Waals surface area contributed by atoms with Gasteiger partial charge in [-0.3, -0.25) is 9.59 Å². The largest absolute Gasteiger partial charge is 0.355 e. The molecular weight excluding hydrogens is 338 g/mol. The van der Waals surface area contributed by atoms with Crippen LogP contribution in [0, 0.1) is 11.3 Å². The van der Waals surface area contributed by atoms with Gasteiger partial charge in [0.15, 0.2) is 0 Å². The zero-order chi connectivity index (χ0) is 19.6. The number of rotatable bonds is 7. The molecule has 27 heavy (non-hydrogen) atoms. The molecule has 0 aliphatic heterocycles. The lowest BCUT2D eigenvalue weighted by Crippen LogP contribution is -2.29. The Balaban J connectivity index is 2.05. The fourth-order valence-corrected chi connectivity index (χ4v) is 2.61. The van der Waals surface area contributed by atoms with Gasteiger partial charge in [-0.05, 0) is 47.9 Å². The van der Waals surface area contributed by atoms with Crippen molar-refractivity contribution in [2.24, 2.45) is 0 Å². The lowest BCUT2D eigenvalue weighted by atomic mass is 10.1. The van der Waals surface area contributed by atoms with Crippen LogP contribution >= 0.6 is 0 Å². The van der Waals surface area contributed by atoms with Gasteiger partial charge >= 0.3 is 0 Å². The molecule has 0 atom stereocenters. The van der Waals surface area contributed by atoms with Gasteiger partial charge in [-0.1, -0.05) is 31.2 Å². The first kappa shape index (κ1) is 19.9. The van der Waals surface area contributed by atoms with Crippen LogP contribution in [0.25, 0.3) is 6.08 Å². The van der Waals surface area contributed by atoms with Crippen molar-refractivity contribution < 1.29 is 9.59 Å². The molecule has 0 spiro atoms. The molecule has 2 aromatic rings. The molecule has 138 valence electrons. The Bertz CT molecular complexity index is 847. The van der Waals surface area contributed by atoms with Crippen LogP contribution < -0.4 is 5.32 Å². The van der Waals surface area contributed by atoms with Crippen LogP contribution in [0.3, 0.4) is 0 Å². The van der Waals surface area contributed by atoms with Crippen molar-refractivity contribution in [3.8, 4) is 6.07 Å². The second-order valence-corrected chi connectivity index (χ2v) is 6.10. The highest BCUT2D eigenvalue weighted by Crippen LogP contribution is 2.10. The van der Waals surface area contributed by atoms with E-state index in [1.54, 1.807) is 60.5 Å². The molecule has 0 saturated heterocycles. The summed E-state index contributed by atoms with van der Waals surface area (Å²) in [6.45, 7) is 3.18. The van der Waals surface area contributed by atoms with Crippen LogP contribution in [0.5, 0.6) is 0 Å². The van der Waals surface area contributed by atoms with E-state index >= 15 is 0 Å². The predicted molar refractivity (Wildman–Crippen MR) is 106 cm³/mol. The van der Waals surface area contributed by atoms with Gasteiger partial charge in [-0.25, -0.2) is 0 Å². The molecule has 0 aliphatic rings. The molecule has 0 aliphatic carbocycles. The Morgan fingerprint density at radius 2 is 1.78 bits per heavy atom. The van der Waals surface area contributed by atoms with Crippen molar-refractivity contribution in [2.45, 2.75) is 19.9 Å². The summed E-state index contributed by atoms with van der Waals surface area (Å²) in [5.74, 6) is -0.213. The van der Waals surface area contributed by atoms with Gasteiger partial charge in [-0.2, -0.15) is 5.26 Å². The third-order valence-corrected chi connectivity index (χ3v) is 4.08. The van der Waals surface area contributed by atoms with Gasteiger partial charge in [0.1, 0.15) is 0 Å². The first-order valence-corrected chi connectivity index (χ1v) is 8.85. The summed E-state index contributed by atoms with van der Waals surface area (Å²) >= 11 is 0. The van der Waals surface area contributed by atoms with Crippen LogP contribution in [-0.2, 0) is 11.3 Å². The van der Waals surface area contributed by atoms with E-state index < -0.39 is 0 Å². The van der Waals surface area contributed by atoms with Gasteiger partial charge in [0.2, 0.25) is 5.91 Å². The monoisotopic (exact) mass is 361 g/mol. The summed E-state index contributed by atoms with van der Waals surface area (Å²) in [5.41, 5.74) is 3.02. The number of nitrogens with one attached hydrogen (secondary N) is 1. The second-order valence-electron chi connectivity index (χ2n) is 6.10. The lowest BCUT2D eigenvalue weighted by Gasteiger charge is -2.20. The molecule has 0 aromatic heterocycles. The average Bonchev–Trinajstić information content (AvgIpc) is 2.72. The zero-order valence-corrected chi connectivity index (χ0v) is 15.6. The average molecular weight is 361 g/mol. The van der Waals surface area contributed by atoms with Crippen LogP contribution in [-0.4, -0.2) is 30.3 Å². The van der Waals surface area contributed by atoms with E-state index in [2.05, 4.69) is 11.4 Å². The minimum absolute atomic E-state index is 0.0726. The van der Waals surface area contributed by atoms with E-state index in [9.17, 15) is 9.59 Å². The number of hydrogen-bond acceptors (Lipinski definition) is 3. The van der Waals surface area contributed by atoms with E-state index in [0.29, 0.717) is 24.2 Å². The smallest absolute Gasteiger partial charge is 0.251 e. The molecule has 0 fully saturated rings. The maximum Gasteiger partial charge on any atom is 0.251 e. The minimum Gasteiger partial charge on any atom is -0.355 e. The standard InChI is InChI=1S/C22H23N3O2/c1-3-14-25(16-19-6-4-18(15-23)5-7-19)21(26)13-10-17-8-11-20(12-9-17)22(27)24-2/h4-13H,3,14,16H2,1-2H3,(H,24,27)/b13-10+. The third-order valence-electron chi connectivity index (χ3n) is 4.08. The minimum atomic E-state index is -0.141. The fourth-order valence-electron chi connectivity index (χ4n) is 2.61. The molecule has 0 radical (unpaired) electrons. The van der Waals surface area contributed by atoms with E-state index in [0.717, 1.165) is 17.5 Å². The van der Waals surface area contributed by atoms with Gasteiger partial charge < -0.3 is 10.2 Å². The summed E-state index contributed by atoms with van der Waals surface area (Å²) in [6, 6.07) is 16.4. The van der Waals surface area contributed by atoms with Crippen LogP contribution in [0.1, 0.15) is 40.4 Å². The van der Waals surface area contributed by atoms with Crippen molar-refractivity contribution >= 4 is 17.9 Å². The molecule has 0 bridgehead atoms. The lowest BCUT2D eigenvalue weighted by molar-refractivity contribution is -0.126. The van der Waals surface area contributed by atoms with E-state index in [-0.39, 0.29) is 11.8 Å². The van der Waals surface area contributed by atoms with Crippen molar-refractivity contribution in [3.63, 3.8) is 0 Å². The summed E-state index contributed by atoms with van der Waals surface area (Å²) in [7, 11) is 1.59. The Labute approximate surface area is 159 Å². The Morgan fingerprint density at radius 3 is 2.33 bits per heavy atom. The Morgan fingerprint density at radius 1 is 1.11 bits per heavy atom. The first-order chi connectivity index (χ1) is 13.1. The van der Waals surface area contributed by atoms with Gasteiger partial charge in [0.25, 0.3) is 5.91 Å². The molecule has 1 N–H and O–H groups in total. The number of carbonyl (C=O) groups is 2. The Hall–Kier alpha value is -3.39. The number of hydrogen-bond donors (Lipinski definition) is 1. The van der Waals surface area contributed by atoms with E-state index in [1.165, 1.54) is 0 Å². The number of benzene rings is 2. The molecule has 2 rings (SSSR count). The summed E-state index contributed by atoms with van der Waals surface area (Å²) < 4.78 is 0. The van der Waals surface area contributed by atoms with Crippen molar-refractivity contribution in [1.82, 2.24) is 10.2 Å². The molecule has 0 heterocycles. The number of carbonyl (C=O) groups excluding carboxylic acids is 2. The first-order valence-electron chi connectivity index (χ1n) is 8.85. The Kier molecular flexibility index (Phi) is 7.33. The van der Waals surface area contributed by atoms with Crippen LogP contribution in [0.15, 0.2) is 54.6 Å². The summed E-state index contributed by atoms with van der Waals surface area (Å²) in [5, 5.41) is 11.5. The maximum atomic E-state index is 12.6. The number of nitriles is 1. The molecular formula is C22H23N3O2. The van der Waals surface area contributed by atoms with Crippen molar-refractivity contribution in [2.75, 3.05) is 13.6 Å². The fraction of sp³-hybridized carbons (Fsp3) is 0.227. The normalized spacial score (nSPS) is 10.4. The number of nitrogens with zero attached hydrogens (tertiary/aromatic N) is 2. The quantitative estimate of drug-likeness (QED) is 0.769. The summed E-state index contributed by atoms with van der Waals surface area (Å²) in [4.78, 5) is 25.9. The van der Waals surface area contributed by atoms with Gasteiger partial charge in [-0.15, -0.1) is 0 Å². The molecule has 5 nitrogen and oxygen atoms in total. The summed E-state index contributed by atoms with van der Waals surface area (Å²) in [6.07, 6.45) is 4.16. The molecule has 2 amide bonds. The number of amides is 2. The SMILES string of the molecule is CCCN(Cc1ccc(C#N)cc1)C(=O)/C=C/c1ccc(C(=O)NC)cc1. The van der Waals surface area contributed by atoms with E-state index in [4.69, 9.17) is 5.26 Å². The predicted octanol–water partition coefficient (Wildman–Crippen LogP) is 3.37. The highest BCUT2D eigenvalue weighted by atomic mass is 16.2. The highest BCUT2D eigenvalue weighted by molar-refractivity contribution is 5.94. The van der Waals surface area contributed by atoms with Gasteiger partial charge in [0.05, 0.1) is 11.6 Å². The topological polar surface area (TPSA) is 73.2 Å². The maximum absolute atomic E-state index is 12.6. The second kappa shape index (κ2) is 9.93. The molecule has 2 aromatic carbocycles. The van der Waals surface area contributed by atoms with Crippen molar-refractivity contribution in [1.29, 1.82) is 5.26 Å². The highest BCUT2D eigenvalue weighted by Gasteiger charge is 2.10. The van der Waals surface area contributed by atoms with Crippen LogP contribution in [0.2, 0.25) is 0 Å². The molecule has 5 heteroatoms. The third kappa shape index (κ3) is 5.82. The van der Waals surface area contributed by atoms with E-state index in [1.807, 2.05) is 19.1 Å². The van der Waals surface area contributed by atoms with Crippen LogP contribution in [0.4, 0.5) is 0 Å². The molecule has 0 saturated carbocycles. The molecule has 0 unspecified atom stereocenters. The zero-order valence-electron chi connectivity index (χ0n) is 15.6. The van der Waals surface area contributed by atoms with Gasteiger partial charge in [0, 0.05) is 31.8 Å².